The van der Waals surface area contributed by atoms with E-state index in [9.17, 15) is 4.79 Å². The van der Waals surface area contributed by atoms with Gasteiger partial charge in [-0.05, 0) is 30.9 Å². The van der Waals surface area contributed by atoms with Crippen LogP contribution in [0.3, 0.4) is 0 Å². The van der Waals surface area contributed by atoms with Gasteiger partial charge in [0.2, 0.25) is 5.91 Å². The van der Waals surface area contributed by atoms with Gasteiger partial charge in [-0.3, -0.25) is 4.79 Å². The largest absolute Gasteiger partial charge is 0.370 e. The Morgan fingerprint density at radius 3 is 2.72 bits per heavy atom. The van der Waals surface area contributed by atoms with E-state index in [2.05, 4.69) is 29.2 Å². The molecule has 0 N–H and O–H groups in total. The summed E-state index contributed by atoms with van der Waals surface area (Å²) in [6, 6.07) is 8.54. The summed E-state index contributed by atoms with van der Waals surface area (Å²) in [7, 11) is 0. The molecule has 2 heterocycles. The first kappa shape index (κ1) is 11.6. The molecule has 18 heavy (non-hydrogen) atoms. The molecule has 2 aliphatic heterocycles. The fourth-order valence-corrected chi connectivity index (χ4v) is 2.99. The molecule has 0 atom stereocenters. The molecule has 0 saturated carbocycles. The molecule has 1 aromatic rings. The lowest BCUT2D eigenvalue weighted by atomic mass is 10.2. The molecule has 0 bridgehead atoms. The number of likely N-dealkylation sites (tertiary alicyclic amines) is 1. The number of rotatable bonds is 3. The van der Waals surface area contributed by atoms with Crippen molar-refractivity contribution in [2.24, 2.45) is 0 Å². The monoisotopic (exact) mass is 244 g/mol. The lowest BCUT2D eigenvalue weighted by molar-refractivity contribution is -0.129. The minimum Gasteiger partial charge on any atom is -0.370 e. The van der Waals surface area contributed by atoms with E-state index in [1.807, 2.05) is 4.90 Å². The summed E-state index contributed by atoms with van der Waals surface area (Å²) in [6.07, 6.45) is 4.14. The lowest BCUT2D eigenvalue weighted by Crippen LogP contribution is -2.32. The second-order valence-electron chi connectivity index (χ2n) is 5.20. The van der Waals surface area contributed by atoms with Gasteiger partial charge in [-0.25, -0.2) is 0 Å². The number of anilines is 1. The minimum atomic E-state index is 0.330. The van der Waals surface area contributed by atoms with Gasteiger partial charge < -0.3 is 9.80 Å². The summed E-state index contributed by atoms with van der Waals surface area (Å²) >= 11 is 0. The molecule has 0 unspecified atom stereocenters. The summed E-state index contributed by atoms with van der Waals surface area (Å²) in [5.41, 5.74) is 2.75. The van der Waals surface area contributed by atoms with Gasteiger partial charge >= 0.3 is 0 Å². The van der Waals surface area contributed by atoms with Crippen LogP contribution in [0.2, 0.25) is 0 Å². The van der Waals surface area contributed by atoms with Crippen molar-refractivity contribution in [2.45, 2.75) is 25.7 Å². The number of carbonyl (C=O) groups excluding carboxylic acids is 1. The second-order valence-corrected chi connectivity index (χ2v) is 5.20. The molecule has 1 amide bonds. The normalized spacial score (nSPS) is 18.2. The molecule has 96 valence electrons. The third-order valence-electron chi connectivity index (χ3n) is 4.04. The zero-order valence-electron chi connectivity index (χ0n) is 10.8. The Hall–Kier alpha value is -1.51. The highest BCUT2D eigenvalue weighted by Gasteiger charge is 2.21. The van der Waals surface area contributed by atoms with Crippen LogP contribution in [-0.2, 0) is 11.2 Å². The number of hydrogen-bond donors (Lipinski definition) is 0. The van der Waals surface area contributed by atoms with E-state index in [-0.39, 0.29) is 0 Å². The molecule has 3 heteroatoms. The van der Waals surface area contributed by atoms with Gasteiger partial charge in [-0.2, -0.15) is 0 Å². The zero-order valence-corrected chi connectivity index (χ0v) is 10.8. The van der Waals surface area contributed by atoms with E-state index in [0.717, 1.165) is 32.6 Å². The average Bonchev–Trinajstić information content (AvgIpc) is 3.06. The standard InChI is InChI=1S/C15H20N2O/c18-15(17-9-3-4-10-17)8-12-16-11-7-13-5-1-2-6-14(13)16/h1-2,5-6H,3-4,7-12H2. The summed E-state index contributed by atoms with van der Waals surface area (Å²) < 4.78 is 0. The lowest BCUT2D eigenvalue weighted by Gasteiger charge is -2.21. The van der Waals surface area contributed by atoms with Crippen LogP contribution in [0.25, 0.3) is 0 Å². The molecular formula is C15H20N2O. The van der Waals surface area contributed by atoms with Gasteiger partial charge in [0.1, 0.15) is 0 Å². The Kier molecular flexibility index (Phi) is 3.22. The summed E-state index contributed by atoms with van der Waals surface area (Å²) in [5.74, 6) is 0.330. The fourth-order valence-electron chi connectivity index (χ4n) is 2.99. The van der Waals surface area contributed by atoms with Gasteiger partial charge in [0, 0.05) is 38.3 Å². The Morgan fingerprint density at radius 1 is 1.11 bits per heavy atom. The van der Waals surface area contributed by atoms with Gasteiger partial charge in [0.05, 0.1) is 0 Å². The SMILES string of the molecule is O=C(CCN1CCc2ccccc21)N1CCCC1. The number of amides is 1. The number of benzene rings is 1. The first-order valence-electron chi connectivity index (χ1n) is 6.95. The molecule has 3 nitrogen and oxygen atoms in total. The van der Waals surface area contributed by atoms with Crippen molar-refractivity contribution in [1.29, 1.82) is 0 Å². The van der Waals surface area contributed by atoms with Crippen LogP contribution in [0.5, 0.6) is 0 Å². The summed E-state index contributed by atoms with van der Waals surface area (Å²) in [6.45, 7) is 3.86. The van der Waals surface area contributed by atoms with Crippen molar-refractivity contribution in [3.63, 3.8) is 0 Å². The van der Waals surface area contributed by atoms with Gasteiger partial charge in [0.25, 0.3) is 0 Å². The van der Waals surface area contributed by atoms with Crippen molar-refractivity contribution in [3.8, 4) is 0 Å². The molecule has 0 aromatic heterocycles. The van der Waals surface area contributed by atoms with Crippen LogP contribution in [0.4, 0.5) is 5.69 Å². The number of nitrogens with zero attached hydrogens (tertiary/aromatic N) is 2. The van der Waals surface area contributed by atoms with Crippen molar-refractivity contribution in [2.75, 3.05) is 31.1 Å². The van der Waals surface area contributed by atoms with Crippen molar-refractivity contribution < 1.29 is 4.79 Å². The first-order chi connectivity index (χ1) is 8.84. The number of hydrogen-bond acceptors (Lipinski definition) is 2. The van der Waals surface area contributed by atoms with E-state index >= 15 is 0 Å². The van der Waals surface area contributed by atoms with Crippen molar-refractivity contribution >= 4 is 11.6 Å². The van der Waals surface area contributed by atoms with E-state index in [1.165, 1.54) is 24.1 Å². The molecule has 2 aliphatic rings. The average molecular weight is 244 g/mol. The molecule has 1 saturated heterocycles. The van der Waals surface area contributed by atoms with E-state index in [1.54, 1.807) is 0 Å². The maximum Gasteiger partial charge on any atom is 0.224 e. The van der Waals surface area contributed by atoms with Gasteiger partial charge in [0.15, 0.2) is 0 Å². The highest BCUT2D eigenvalue weighted by Crippen LogP contribution is 2.27. The summed E-state index contributed by atoms with van der Waals surface area (Å²) in [4.78, 5) is 16.4. The number of fused-ring (bicyclic) bond motifs is 1. The summed E-state index contributed by atoms with van der Waals surface area (Å²) in [5, 5.41) is 0. The van der Waals surface area contributed by atoms with Crippen molar-refractivity contribution in [3.05, 3.63) is 29.8 Å². The van der Waals surface area contributed by atoms with Crippen LogP contribution in [0.1, 0.15) is 24.8 Å². The zero-order chi connectivity index (χ0) is 12.4. The Morgan fingerprint density at radius 2 is 1.89 bits per heavy atom. The fraction of sp³-hybridized carbons (Fsp3) is 0.533. The Bertz CT molecular complexity index is 438. The molecule has 0 spiro atoms. The molecule has 0 aliphatic carbocycles. The van der Waals surface area contributed by atoms with E-state index in [4.69, 9.17) is 0 Å². The smallest absolute Gasteiger partial charge is 0.224 e. The van der Waals surface area contributed by atoms with Crippen LogP contribution in [0, 0.1) is 0 Å². The minimum absolute atomic E-state index is 0.330. The maximum atomic E-state index is 12.0. The third-order valence-corrected chi connectivity index (χ3v) is 4.04. The number of carbonyl (C=O) groups is 1. The van der Waals surface area contributed by atoms with Crippen LogP contribution >= 0.6 is 0 Å². The maximum absolute atomic E-state index is 12.0. The number of para-hydroxylation sites is 1. The Labute approximate surface area is 108 Å². The van der Waals surface area contributed by atoms with Crippen LogP contribution in [0.15, 0.2) is 24.3 Å². The van der Waals surface area contributed by atoms with Gasteiger partial charge in [-0.1, -0.05) is 18.2 Å². The molecule has 3 rings (SSSR count). The predicted molar refractivity (Wildman–Crippen MR) is 72.8 cm³/mol. The molecule has 0 radical (unpaired) electrons. The highest BCUT2D eigenvalue weighted by molar-refractivity contribution is 5.77. The van der Waals surface area contributed by atoms with E-state index < -0.39 is 0 Å². The third kappa shape index (κ3) is 2.22. The second kappa shape index (κ2) is 5.01. The molecule has 1 aromatic carbocycles. The Balaban J connectivity index is 1.57. The molecular weight excluding hydrogens is 224 g/mol. The molecule has 1 fully saturated rings. The van der Waals surface area contributed by atoms with Crippen LogP contribution in [-0.4, -0.2) is 37.0 Å². The predicted octanol–water partition coefficient (Wildman–Crippen LogP) is 2.06. The topological polar surface area (TPSA) is 23.6 Å². The van der Waals surface area contributed by atoms with Gasteiger partial charge in [-0.15, -0.1) is 0 Å². The quantitative estimate of drug-likeness (QED) is 0.812. The van der Waals surface area contributed by atoms with E-state index in [0.29, 0.717) is 12.3 Å². The van der Waals surface area contributed by atoms with Crippen molar-refractivity contribution in [1.82, 2.24) is 4.90 Å². The van der Waals surface area contributed by atoms with Crippen LogP contribution < -0.4 is 4.90 Å². The highest BCUT2D eigenvalue weighted by atomic mass is 16.2. The first-order valence-corrected chi connectivity index (χ1v) is 6.95.